The molecule has 7 heterocycles. The summed E-state index contributed by atoms with van der Waals surface area (Å²) in [5, 5.41) is 227. The van der Waals surface area contributed by atoms with Crippen molar-refractivity contribution in [3.8, 4) is 0 Å². The summed E-state index contributed by atoms with van der Waals surface area (Å²) in [5.41, 5.74) is 0.898. The van der Waals surface area contributed by atoms with E-state index in [1.165, 1.54) is 5.57 Å². The van der Waals surface area contributed by atoms with E-state index in [2.05, 4.69) is 26.8 Å². The first kappa shape index (κ1) is 76.5. The lowest BCUT2D eigenvalue weighted by atomic mass is 9.47. The highest BCUT2D eigenvalue weighted by atomic mass is 16.8. The maximum atomic E-state index is 12.2. The zero-order valence-corrected chi connectivity index (χ0v) is 54.5. The van der Waals surface area contributed by atoms with Gasteiger partial charge in [-0.3, -0.25) is 0 Å². The van der Waals surface area contributed by atoms with Crippen molar-refractivity contribution in [2.75, 3.05) is 46.2 Å². The Kier molecular flexibility index (Phi) is 24.3. The Morgan fingerprint density at radius 1 is 0.474 bits per heavy atom. The Bertz CT molecular complexity index is 2580. The smallest absolute Gasteiger partial charge is 0.187 e. The second-order valence-electron chi connectivity index (χ2n) is 29.5. The number of rotatable bonds is 22. The van der Waals surface area contributed by atoms with Gasteiger partial charge in [0.1, 0.15) is 146 Å². The van der Waals surface area contributed by atoms with Crippen LogP contribution >= 0.6 is 0 Å². The van der Waals surface area contributed by atoms with Gasteiger partial charge in [-0.05, 0) is 91.8 Å². The first-order valence-corrected chi connectivity index (χ1v) is 34.1. The minimum absolute atomic E-state index is 0.108. The summed E-state index contributed by atoms with van der Waals surface area (Å²) in [6.45, 7) is 3.64. The average molecular weight is 1410 g/mol. The van der Waals surface area contributed by atoms with Crippen LogP contribution in [0.25, 0.3) is 0 Å². The summed E-state index contributed by atoms with van der Waals surface area (Å²) in [6, 6.07) is 0. The highest BCUT2D eigenvalue weighted by Gasteiger charge is 2.68. The van der Waals surface area contributed by atoms with Gasteiger partial charge in [0, 0.05) is 12.3 Å². The van der Waals surface area contributed by atoms with E-state index in [1.54, 1.807) is 0 Å². The van der Waals surface area contributed by atoms with Crippen LogP contribution in [0.1, 0.15) is 85.5 Å². The number of ether oxygens (including phenoxy) is 13. The molecule has 41 atom stereocenters. The predicted octanol–water partition coefficient (Wildman–Crippen LogP) is -8.39. The van der Waals surface area contributed by atoms with Crippen LogP contribution in [0.3, 0.4) is 0 Å². The van der Waals surface area contributed by atoms with Crippen molar-refractivity contribution in [1.82, 2.24) is 0 Å². The van der Waals surface area contributed by atoms with E-state index in [1.807, 2.05) is 6.92 Å². The molecule has 0 amide bonds. The van der Waals surface area contributed by atoms with Crippen molar-refractivity contribution in [2.45, 2.75) is 288 Å². The van der Waals surface area contributed by atoms with Gasteiger partial charge in [0.15, 0.2) is 43.5 Å². The summed E-state index contributed by atoms with van der Waals surface area (Å²) in [4.78, 5) is 0. The molecule has 97 heavy (non-hydrogen) atoms. The first-order chi connectivity index (χ1) is 46.0. The summed E-state index contributed by atoms with van der Waals surface area (Å²) < 4.78 is 76.3. The van der Waals surface area contributed by atoms with Crippen LogP contribution in [0.2, 0.25) is 0 Å². The molecule has 5 unspecified atom stereocenters. The van der Waals surface area contributed by atoms with E-state index in [9.17, 15) is 107 Å². The molecule has 3 saturated carbocycles. The molecule has 10 fully saturated rings. The normalized spacial score (nSPS) is 54.3. The topological polar surface area (TPSA) is 545 Å². The SMILES string of the molecule is C[C@@H](CC[C@@]1(O)OC2CC3C4CC=C5C[C@@H](O[C@@H]6O[C@H](CO)[C@@H](O)[C@H](O[C@@H]7O[C@H](CO)[C@H](O[C@@H]8O[C@H](CO)[C@@H](O)[C@H](O[C@@H]9O[C@H](CO)[C@@H](O)[C@H](O[C@@H]%10O[C@H](CO)[C@@H](O)[C@H](O)[C@H]%10O)[C@H]9O)[C@H]8O)[C@H](O)[C@H]7O)[C@H]6O)CC[C@]5(C)C4CC[C@]3(C)C2[C@@H]1C)CO[C@@H]1O[C@H](CO)[C@@H](O)[C@H](O)[C@H]1O. The molecule has 0 aromatic heterocycles. The minimum Gasteiger partial charge on any atom is -0.394 e. The van der Waals surface area contributed by atoms with Crippen LogP contribution in [0, 0.1) is 46.3 Å². The number of hydrogen-bond acceptors (Lipinski definition) is 34. The van der Waals surface area contributed by atoms with Crippen molar-refractivity contribution in [2.24, 2.45) is 46.3 Å². The second kappa shape index (κ2) is 30.8. The molecule has 0 radical (unpaired) electrons. The maximum Gasteiger partial charge on any atom is 0.187 e. The van der Waals surface area contributed by atoms with Crippen molar-refractivity contribution in [1.29, 1.82) is 0 Å². The third-order valence-electron chi connectivity index (χ3n) is 23.8. The summed E-state index contributed by atoms with van der Waals surface area (Å²) in [7, 11) is 0. The van der Waals surface area contributed by atoms with Gasteiger partial charge in [-0.25, -0.2) is 0 Å². The van der Waals surface area contributed by atoms with Crippen LogP contribution in [-0.2, 0) is 61.6 Å². The van der Waals surface area contributed by atoms with Crippen molar-refractivity contribution >= 4 is 0 Å². The second-order valence-corrected chi connectivity index (χ2v) is 29.5. The maximum absolute atomic E-state index is 12.2. The summed E-state index contributed by atoms with van der Waals surface area (Å²) in [5.74, 6) is -0.556. The van der Waals surface area contributed by atoms with E-state index in [0.717, 1.165) is 32.1 Å². The zero-order valence-electron chi connectivity index (χ0n) is 54.5. The molecule has 11 aliphatic rings. The van der Waals surface area contributed by atoms with Gasteiger partial charge in [-0.15, -0.1) is 0 Å². The Hall–Kier alpha value is -1.62. The van der Waals surface area contributed by atoms with Crippen LogP contribution in [0.4, 0.5) is 0 Å². The molecule has 21 N–H and O–H groups in total. The number of aliphatic hydroxyl groups excluding tert-OH is 20. The first-order valence-electron chi connectivity index (χ1n) is 34.1. The van der Waals surface area contributed by atoms with Gasteiger partial charge in [-0.2, -0.15) is 0 Å². The Morgan fingerprint density at radius 3 is 1.39 bits per heavy atom. The van der Waals surface area contributed by atoms with Crippen molar-refractivity contribution < 1.29 is 169 Å². The molecule has 0 spiro atoms. The third kappa shape index (κ3) is 14.3. The fraction of sp³-hybridized carbons (Fsp3) is 0.968. The Morgan fingerprint density at radius 2 is 0.897 bits per heavy atom. The summed E-state index contributed by atoms with van der Waals surface area (Å²) >= 11 is 0. The molecule has 7 aliphatic heterocycles. The largest absolute Gasteiger partial charge is 0.394 e. The van der Waals surface area contributed by atoms with Crippen LogP contribution in [-0.4, -0.2) is 356 Å². The Balaban J connectivity index is 0.690. The molecule has 7 saturated heterocycles. The van der Waals surface area contributed by atoms with Gasteiger partial charge in [0.25, 0.3) is 0 Å². The van der Waals surface area contributed by atoms with E-state index in [-0.39, 0.29) is 41.3 Å². The van der Waals surface area contributed by atoms with Crippen molar-refractivity contribution in [3.63, 3.8) is 0 Å². The standard InChI is InChI=1S/C63H104O34/c1-22(21-85-55-45(78)42(75)37(70)30(15-64)87-55)7-12-63(84)23(2)36-29(97-63)14-28-26-6-5-24-13-25(8-10-61(24,3)27(26)9-11-62(28,36)4)86-58-48(81)52(39(72)32(17-66)89-58)95-57-47(80)44(77)51(35(20-69)92-57)93-59-49(82)54(41(74)33(18-67)90-59)96-60-50(83)53(40(73)34(19-68)91-60)94-56-46(79)43(76)38(71)31(16-65)88-56/h5,22-23,25-60,64-84H,6-21H2,1-4H3/t22-,23-,25-,26?,27?,28?,29?,30+,31+,32+,33+,34+,35+,36?,37+,38+,39+,40+,41+,42-,43-,44+,45+,46+,47+,48+,49+,50+,51-,52-,53-,54-,55+,56-,57-,58+,59-,60-,61-,62-,63+/m0/s1. The highest BCUT2D eigenvalue weighted by molar-refractivity contribution is 5.26. The lowest BCUT2D eigenvalue weighted by molar-refractivity contribution is -0.395. The minimum atomic E-state index is -2.18. The zero-order chi connectivity index (χ0) is 70.2. The molecule has 34 nitrogen and oxygen atoms in total. The molecule has 11 rings (SSSR count). The molecule has 0 aromatic carbocycles. The molecule has 560 valence electrons. The van der Waals surface area contributed by atoms with Gasteiger partial charge in [0.05, 0.1) is 58.5 Å². The van der Waals surface area contributed by atoms with Gasteiger partial charge < -0.3 is 169 Å². The number of allylic oxidation sites excluding steroid dienone is 1. The van der Waals surface area contributed by atoms with Gasteiger partial charge in [0.2, 0.25) is 0 Å². The van der Waals surface area contributed by atoms with Crippen LogP contribution in [0.5, 0.6) is 0 Å². The van der Waals surface area contributed by atoms with E-state index < -0.39 is 236 Å². The number of hydrogen-bond donors (Lipinski definition) is 21. The predicted molar refractivity (Wildman–Crippen MR) is 317 cm³/mol. The van der Waals surface area contributed by atoms with E-state index >= 15 is 0 Å². The lowest BCUT2D eigenvalue weighted by Crippen LogP contribution is -2.68. The van der Waals surface area contributed by atoms with E-state index in [0.29, 0.717) is 43.4 Å². The lowest BCUT2D eigenvalue weighted by Gasteiger charge is -2.58. The van der Waals surface area contributed by atoms with Crippen LogP contribution in [0.15, 0.2) is 11.6 Å². The highest BCUT2D eigenvalue weighted by Crippen LogP contribution is 2.70. The molecular weight excluding hydrogens is 1300 g/mol. The monoisotopic (exact) mass is 1400 g/mol. The number of fused-ring (bicyclic) bond motifs is 7. The molecule has 0 aromatic rings. The van der Waals surface area contributed by atoms with Gasteiger partial charge in [-0.1, -0.05) is 39.3 Å². The van der Waals surface area contributed by atoms with Crippen LogP contribution < -0.4 is 0 Å². The average Bonchev–Trinajstić information content (AvgIpc) is 1.58. The fourth-order valence-electron chi connectivity index (χ4n) is 18.0. The quantitative estimate of drug-likeness (QED) is 0.0448. The molecular formula is C63H104O34. The fourth-order valence-corrected chi connectivity index (χ4v) is 18.0. The third-order valence-corrected chi connectivity index (χ3v) is 23.8. The summed E-state index contributed by atoms with van der Waals surface area (Å²) in [6.07, 6.45) is -45.8. The van der Waals surface area contributed by atoms with E-state index in [4.69, 9.17) is 61.6 Å². The molecule has 0 bridgehead atoms. The van der Waals surface area contributed by atoms with Crippen molar-refractivity contribution in [3.05, 3.63) is 11.6 Å². The molecule has 34 heteroatoms. The van der Waals surface area contributed by atoms with Gasteiger partial charge >= 0.3 is 0 Å². The number of aliphatic hydroxyl groups is 21. The molecule has 4 aliphatic carbocycles. The Labute approximate surface area is 559 Å².